The third-order valence-corrected chi connectivity index (χ3v) is 3.95. The van der Waals surface area contributed by atoms with Gasteiger partial charge in [0.15, 0.2) is 0 Å². The molecule has 0 saturated heterocycles. The van der Waals surface area contributed by atoms with Gasteiger partial charge in [0, 0.05) is 16.0 Å². The van der Waals surface area contributed by atoms with Crippen LogP contribution in [0.2, 0.25) is 5.02 Å². The summed E-state index contributed by atoms with van der Waals surface area (Å²) in [5, 5.41) is 0.607. The molecule has 1 heterocycles. The summed E-state index contributed by atoms with van der Waals surface area (Å²) in [7, 11) is 0. The van der Waals surface area contributed by atoms with Crippen molar-refractivity contribution in [2.24, 2.45) is 0 Å². The molecule has 88 valence electrons. The van der Waals surface area contributed by atoms with E-state index in [9.17, 15) is 0 Å². The first-order valence-electron chi connectivity index (χ1n) is 5.15. The van der Waals surface area contributed by atoms with Crippen molar-refractivity contribution in [2.75, 3.05) is 0 Å². The monoisotopic (exact) mass is 377 g/mol. The summed E-state index contributed by atoms with van der Waals surface area (Å²) in [4.78, 5) is 3.96. The Morgan fingerprint density at radius 1 is 1.18 bits per heavy atom. The highest BCUT2D eigenvalue weighted by Crippen LogP contribution is 2.28. The molecule has 0 spiro atoms. The Morgan fingerprint density at radius 3 is 2.53 bits per heavy atom. The van der Waals surface area contributed by atoms with Gasteiger partial charge in [-0.2, -0.15) is 0 Å². The van der Waals surface area contributed by atoms with Crippen LogP contribution in [0.3, 0.4) is 0 Å². The highest BCUT2D eigenvalue weighted by Gasteiger charge is 2.10. The van der Waals surface area contributed by atoms with Crippen LogP contribution in [-0.4, -0.2) is 4.98 Å². The third-order valence-electron chi connectivity index (χ3n) is 2.49. The minimum Gasteiger partial charge on any atom is -0.263 e. The summed E-state index contributed by atoms with van der Waals surface area (Å²) in [6.45, 7) is 0. The fraction of sp³-hybridized carbons (Fsp3) is 0.154. The molecule has 0 aliphatic rings. The number of alkyl halides is 1. The molecular weight excluding hydrogens is 368 g/mol. The molecule has 4 heteroatoms. The van der Waals surface area contributed by atoms with Gasteiger partial charge in [-0.3, -0.25) is 4.98 Å². The summed E-state index contributed by atoms with van der Waals surface area (Å²) < 4.78 is 1.21. The molecule has 1 unspecified atom stereocenters. The number of aromatic nitrogens is 1. The lowest BCUT2D eigenvalue weighted by Gasteiger charge is -2.11. The summed E-state index contributed by atoms with van der Waals surface area (Å²) in [5.74, 6) is 0. The molecule has 0 amide bonds. The van der Waals surface area contributed by atoms with E-state index in [4.69, 9.17) is 23.2 Å². The Labute approximate surface area is 124 Å². The molecule has 17 heavy (non-hydrogen) atoms. The van der Waals surface area contributed by atoms with Gasteiger partial charge < -0.3 is 0 Å². The van der Waals surface area contributed by atoms with Gasteiger partial charge >= 0.3 is 0 Å². The Hall–Kier alpha value is -0.320. The average molecular weight is 378 g/mol. The summed E-state index contributed by atoms with van der Waals surface area (Å²) in [6, 6.07) is 10.1. The Bertz CT molecular complexity index is 499. The van der Waals surface area contributed by atoms with Crippen molar-refractivity contribution in [3.8, 4) is 0 Å². The molecule has 0 bridgehead atoms. The minimum absolute atomic E-state index is 0.0631. The van der Waals surface area contributed by atoms with Gasteiger partial charge in [0.25, 0.3) is 0 Å². The average Bonchev–Trinajstić information content (AvgIpc) is 2.33. The quantitative estimate of drug-likeness (QED) is 0.549. The largest absolute Gasteiger partial charge is 0.263 e. The number of hydrogen-bond acceptors (Lipinski definition) is 1. The van der Waals surface area contributed by atoms with Gasteiger partial charge in [0.05, 0.1) is 10.4 Å². The number of pyridine rings is 1. The van der Waals surface area contributed by atoms with Crippen molar-refractivity contribution in [3.05, 3.63) is 62.4 Å². The van der Waals surface area contributed by atoms with Crippen LogP contribution in [-0.2, 0) is 6.42 Å². The maximum atomic E-state index is 6.38. The van der Waals surface area contributed by atoms with Crippen LogP contribution in [0, 0.1) is 3.57 Å². The lowest BCUT2D eigenvalue weighted by molar-refractivity contribution is 0.916. The van der Waals surface area contributed by atoms with E-state index in [1.807, 2.05) is 6.07 Å². The van der Waals surface area contributed by atoms with Gasteiger partial charge in [-0.15, -0.1) is 11.6 Å². The van der Waals surface area contributed by atoms with Crippen LogP contribution >= 0.6 is 45.8 Å². The van der Waals surface area contributed by atoms with Crippen molar-refractivity contribution in [3.63, 3.8) is 0 Å². The molecule has 2 aromatic rings. The molecule has 1 atom stereocenters. The van der Waals surface area contributed by atoms with E-state index in [1.54, 1.807) is 12.4 Å². The normalized spacial score (nSPS) is 12.4. The standard InChI is InChI=1S/C13H10Cl2IN/c14-12(9-1-3-11(16)4-2-9)7-10-5-6-17-8-13(10)15/h1-6,8,12H,7H2. The topological polar surface area (TPSA) is 12.9 Å². The molecule has 1 aromatic carbocycles. The van der Waals surface area contributed by atoms with E-state index in [0.29, 0.717) is 11.4 Å². The number of nitrogens with zero attached hydrogens (tertiary/aromatic N) is 1. The number of benzene rings is 1. The van der Waals surface area contributed by atoms with Crippen LogP contribution in [0.1, 0.15) is 16.5 Å². The van der Waals surface area contributed by atoms with Crippen LogP contribution in [0.25, 0.3) is 0 Å². The molecule has 2 rings (SSSR count). The zero-order valence-electron chi connectivity index (χ0n) is 8.91. The van der Waals surface area contributed by atoms with Crippen LogP contribution in [0.5, 0.6) is 0 Å². The van der Waals surface area contributed by atoms with E-state index < -0.39 is 0 Å². The first-order chi connectivity index (χ1) is 8.16. The van der Waals surface area contributed by atoms with E-state index in [0.717, 1.165) is 11.1 Å². The molecule has 0 N–H and O–H groups in total. The predicted molar refractivity (Wildman–Crippen MR) is 80.7 cm³/mol. The summed E-state index contributed by atoms with van der Waals surface area (Å²) in [6.07, 6.45) is 4.09. The van der Waals surface area contributed by atoms with Crippen molar-refractivity contribution < 1.29 is 0 Å². The molecule has 0 fully saturated rings. The molecule has 0 aliphatic heterocycles. The number of halogens is 3. The highest BCUT2D eigenvalue weighted by atomic mass is 127. The smallest absolute Gasteiger partial charge is 0.0626 e. The van der Waals surface area contributed by atoms with E-state index in [1.165, 1.54) is 3.57 Å². The second-order valence-electron chi connectivity index (χ2n) is 3.69. The van der Waals surface area contributed by atoms with Gasteiger partial charge in [0.2, 0.25) is 0 Å². The van der Waals surface area contributed by atoms with Gasteiger partial charge in [-0.25, -0.2) is 0 Å². The lowest BCUT2D eigenvalue weighted by Crippen LogP contribution is -1.97. The number of rotatable bonds is 3. The molecule has 1 aromatic heterocycles. The zero-order chi connectivity index (χ0) is 12.3. The Balaban J connectivity index is 2.14. The van der Waals surface area contributed by atoms with E-state index in [-0.39, 0.29) is 5.38 Å². The fourth-order valence-electron chi connectivity index (χ4n) is 1.55. The second-order valence-corrected chi connectivity index (χ2v) is 5.87. The maximum Gasteiger partial charge on any atom is 0.0626 e. The molecular formula is C13H10Cl2IN. The predicted octanol–water partition coefficient (Wildman–Crippen LogP) is 4.86. The van der Waals surface area contributed by atoms with Gasteiger partial charge in [-0.1, -0.05) is 23.7 Å². The molecule has 0 saturated carbocycles. The van der Waals surface area contributed by atoms with Crippen LogP contribution < -0.4 is 0 Å². The van der Waals surface area contributed by atoms with E-state index in [2.05, 4.69) is 51.8 Å². The number of hydrogen-bond donors (Lipinski definition) is 0. The first-order valence-corrected chi connectivity index (χ1v) is 7.04. The fourth-order valence-corrected chi connectivity index (χ4v) is 2.42. The van der Waals surface area contributed by atoms with Crippen molar-refractivity contribution in [2.45, 2.75) is 11.8 Å². The molecule has 1 nitrogen and oxygen atoms in total. The van der Waals surface area contributed by atoms with Crippen molar-refractivity contribution >= 4 is 45.8 Å². The second kappa shape index (κ2) is 6.03. The zero-order valence-corrected chi connectivity index (χ0v) is 12.6. The summed E-state index contributed by atoms with van der Waals surface area (Å²) >= 11 is 14.7. The van der Waals surface area contributed by atoms with Gasteiger partial charge in [-0.05, 0) is 58.3 Å². The minimum atomic E-state index is -0.0631. The van der Waals surface area contributed by atoms with Crippen molar-refractivity contribution in [1.29, 1.82) is 0 Å². The molecule has 0 aliphatic carbocycles. The first kappa shape index (κ1) is 13.1. The van der Waals surface area contributed by atoms with Crippen LogP contribution in [0.15, 0.2) is 42.7 Å². The maximum absolute atomic E-state index is 6.38. The molecule has 0 radical (unpaired) electrons. The summed E-state index contributed by atoms with van der Waals surface area (Å²) in [5.41, 5.74) is 2.14. The third kappa shape index (κ3) is 3.57. The van der Waals surface area contributed by atoms with Crippen molar-refractivity contribution in [1.82, 2.24) is 4.98 Å². The Kier molecular flexibility index (Phi) is 4.65. The van der Waals surface area contributed by atoms with Crippen LogP contribution in [0.4, 0.5) is 0 Å². The van der Waals surface area contributed by atoms with E-state index >= 15 is 0 Å². The SMILES string of the molecule is Clc1cnccc1CC(Cl)c1ccc(I)cc1. The van der Waals surface area contributed by atoms with Gasteiger partial charge in [0.1, 0.15) is 0 Å². The lowest BCUT2D eigenvalue weighted by atomic mass is 10.1. The highest BCUT2D eigenvalue weighted by molar-refractivity contribution is 14.1. The Morgan fingerprint density at radius 2 is 1.88 bits per heavy atom.